The molecule has 1 aliphatic rings. The molecule has 2 N–H and O–H groups in total. The molecule has 0 saturated carbocycles. The second-order valence-electron chi connectivity index (χ2n) is 5.45. The minimum atomic E-state index is -4.37. The molecule has 0 radical (unpaired) electrons. The third-order valence-electron chi connectivity index (χ3n) is 3.50. The molecule has 1 aromatic rings. The van der Waals surface area contributed by atoms with Crippen LogP contribution in [0.4, 0.5) is 18.9 Å². The summed E-state index contributed by atoms with van der Waals surface area (Å²) in [4.78, 5) is 25.4. The zero-order valence-electron chi connectivity index (χ0n) is 12.6. The predicted molar refractivity (Wildman–Crippen MR) is 79.0 cm³/mol. The van der Waals surface area contributed by atoms with Crippen LogP contribution >= 0.6 is 0 Å². The maximum absolute atomic E-state index is 12.3. The van der Waals surface area contributed by atoms with Crippen molar-refractivity contribution in [2.45, 2.75) is 25.6 Å². The van der Waals surface area contributed by atoms with Gasteiger partial charge in [-0.1, -0.05) is 17.7 Å². The zero-order chi connectivity index (χ0) is 17.0. The van der Waals surface area contributed by atoms with Crippen LogP contribution in [0.1, 0.15) is 12.0 Å². The summed E-state index contributed by atoms with van der Waals surface area (Å²) >= 11 is 0. The van der Waals surface area contributed by atoms with Gasteiger partial charge in [0.1, 0.15) is 6.04 Å². The molecule has 23 heavy (non-hydrogen) atoms. The summed E-state index contributed by atoms with van der Waals surface area (Å²) < 4.78 is 36.0. The number of hydrogen-bond donors (Lipinski definition) is 2. The number of carbonyl (C=O) groups is 2. The van der Waals surface area contributed by atoms with E-state index in [0.29, 0.717) is 13.0 Å². The molecular formula is C15H18F3N3O2. The smallest absolute Gasteiger partial charge is 0.343 e. The average molecular weight is 329 g/mol. The number of benzene rings is 1. The molecule has 5 nitrogen and oxygen atoms in total. The monoisotopic (exact) mass is 329 g/mol. The Kier molecular flexibility index (Phi) is 5.25. The summed E-state index contributed by atoms with van der Waals surface area (Å²) in [5, 5.41) is 4.47. The number of nitrogens with one attached hydrogen (secondary N) is 2. The quantitative estimate of drug-likeness (QED) is 0.858. The third kappa shape index (κ3) is 4.95. The van der Waals surface area contributed by atoms with Crippen molar-refractivity contribution in [1.82, 2.24) is 10.6 Å². The van der Waals surface area contributed by atoms with Crippen molar-refractivity contribution in [1.29, 1.82) is 0 Å². The standard InChI is InChI=1S/C15H18F3N3O2/c1-10-2-4-11(5-3-10)21-7-6-12(14(21)23)20-13(22)8-19-9-15(16,17)18/h2-5,12,19H,6-9H2,1H3,(H,20,22)/t12-/m0/s1. The molecule has 1 heterocycles. The van der Waals surface area contributed by atoms with E-state index in [0.717, 1.165) is 11.3 Å². The number of anilines is 1. The average Bonchev–Trinajstić information content (AvgIpc) is 2.80. The van der Waals surface area contributed by atoms with E-state index in [1.165, 1.54) is 0 Å². The largest absolute Gasteiger partial charge is 0.401 e. The molecule has 0 unspecified atom stereocenters. The maximum atomic E-state index is 12.3. The lowest BCUT2D eigenvalue weighted by atomic mass is 10.2. The molecule has 0 spiro atoms. The van der Waals surface area contributed by atoms with Crippen molar-refractivity contribution in [3.05, 3.63) is 29.8 Å². The van der Waals surface area contributed by atoms with E-state index >= 15 is 0 Å². The molecule has 0 bridgehead atoms. The SMILES string of the molecule is Cc1ccc(N2CC[C@H](NC(=O)CNCC(F)(F)F)C2=O)cc1. The van der Waals surface area contributed by atoms with Crippen LogP contribution in [-0.2, 0) is 9.59 Å². The van der Waals surface area contributed by atoms with Crippen LogP contribution in [0.25, 0.3) is 0 Å². The second kappa shape index (κ2) is 6.99. The Morgan fingerprint density at radius 2 is 1.96 bits per heavy atom. The number of alkyl halides is 3. The first kappa shape index (κ1) is 17.3. The van der Waals surface area contributed by atoms with Crippen LogP contribution in [0.5, 0.6) is 0 Å². The Balaban J connectivity index is 1.84. The fourth-order valence-electron chi connectivity index (χ4n) is 2.36. The van der Waals surface area contributed by atoms with E-state index in [-0.39, 0.29) is 5.91 Å². The summed E-state index contributed by atoms with van der Waals surface area (Å²) in [5.41, 5.74) is 1.81. The van der Waals surface area contributed by atoms with Crippen molar-refractivity contribution in [2.75, 3.05) is 24.5 Å². The van der Waals surface area contributed by atoms with Crippen LogP contribution in [-0.4, -0.2) is 43.7 Å². The Morgan fingerprint density at radius 1 is 1.30 bits per heavy atom. The van der Waals surface area contributed by atoms with Crippen LogP contribution < -0.4 is 15.5 Å². The second-order valence-corrected chi connectivity index (χ2v) is 5.45. The van der Waals surface area contributed by atoms with E-state index in [9.17, 15) is 22.8 Å². The zero-order valence-corrected chi connectivity index (χ0v) is 12.6. The number of aryl methyl sites for hydroxylation is 1. The van der Waals surface area contributed by atoms with E-state index in [4.69, 9.17) is 0 Å². The molecule has 0 aliphatic carbocycles. The number of hydrogen-bond acceptors (Lipinski definition) is 3. The fourth-order valence-corrected chi connectivity index (χ4v) is 2.36. The lowest BCUT2D eigenvalue weighted by molar-refractivity contribution is -0.130. The van der Waals surface area contributed by atoms with Gasteiger partial charge in [0, 0.05) is 12.2 Å². The Hall–Kier alpha value is -2.09. The predicted octanol–water partition coefficient (Wildman–Crippen LogP) is 1.37. The molecule has 1 aromatic carbocycles. The third-order valence-corrected chi connectivity index (χ3v) is 3.50. The molecule has 1 aliphatic heterocycles. The highest BCUT2D eigenvalue weighted by molar-refractivity contribution is 6.01. The van der Waals surface area contributed by atoms with Gasteiger partial charge in [-0.15, -0.1) is 0 Å². The van der Waals surface area contributed by atoms with Crippen LogP contribution in [0.15, 0.2) is 24.3 Å². The molecule has 8 heteroatoms. The summed E-state index contributed by atoms with van der Waals surface area (Å²) in [6.45, 7) is 0.678. The van der Waals surface area contributed by atoms with Gasteiger partial charge in [0.2, 0.25) is 11.8 Å². The van der Waals surface area contributed by atoms with Gasteiger partial charge in [-0.3, -0.25) is 9.59 Å². The molecular weight excluding hydrogens is 311 g/mol. The van der Waals surface area contributed by atoms with E-state index < -0.39 is 31.2 Å². The molecule has 1 atom stereocenters. The molecule has 2 rings (SSSR count). The molecule has 0 aromatic heterocycles. The Bertz CT molecular complexity index is 572. The van der Waals surface area contributed by atoms with Gasteiger partial charge in [0.05, 0.1) is 13.1 Å². The van der Waals surface area contributed by atoms with E-state index in [1.807, 2.05) is 36.5 Å². The van der Waals surface area contributed by atoms with Gasteiger partial charge in [0.25, 0.3) is 0 Å². The number of halogens is 3. The van der Waals surface area contributed by atoms with Crippen molar-refractivity contribution in [3.8, 4) is 0 Å². The maximum Gasteiger partial charge on any atom is 0.401 e. The van der Waals surface area contributed by atoms with Crippen molar-refractivity contribution in [2.24, 2.45) is 0 Å². The fraction of sp³-hybridized carbons (Fsp3) is 0.467. The molecule has 1 fully saturated rings. The number of rotatable bonds is 5. The van der Waals surface area contributed by atoms with Crippen molar-refractivity contribution in [3.63, 3.8) is 0 Å². The summed E-state index contributed by atoms with van der Waals surface area (Å²) in [6.07, 6.45) is -3.94. The lowest BCUT2D eigenvalue weighted by Crippen LogP contribution is -2.45. The van der Waals surface area contributed by atoms with Gasteiger partial charge in [-0.05, 0) is 25.5 Å². The number of amides is 2. The Labute approximate surface area is 131 Å². The Morgan fingerprint density at radius 3 is 2.57 bits per heavy atom. The highest BCUT2D eigenvalue weighted by Crippen LogP contribution is 2.21. The van der Waals surface area contributed by atoms with E-state index in [1.54, 1.807) is 4.90 Å². The van der Waals surface area contributed by atoms with Gasteiger partial charge >= 0.3 is 6.18 Å². The minimum Gasteiger partial charge on any atom is -0.343 e. The van der Waals surface area contributed by atoms with Crippen molar-refractivity contribution >= 4 is 17.5 Å². The van der Waals surface area contributed by atoms with Crippen molar-refractivity contribution < 1.29 is 22.8 Å². The normalized spacial score (nSPS) is 18.3. The summed E-state index contributed by atoms with van der Waals surface area (Å²) in [6, 6.07) is 6.71. The topological polar surface area (TPSA) is 61.4 Å². The lowest BCUT2D eigenvalue weighted by Gasteiger charge is -2.17. The first-order valence-corrected chi connectivity index (χ1v) is 7.21. The highest BCUT2D eigenvalue weighted by Gasteiger charge is 2.33. The molecule has 126 valence electrons. The van der Waals surface area contributed by atoms with Gasteiger partial charge in [-0.25, -0.2) is 0 Å². The van der Waals surface area contributed by atoms with Crippen LogP contribution in [0.2, 0.25) is 0 Å². The van der Waals surface area contributed by atoms with E-state index in [2.05, 4.69) is 5.32 Å². The summed E-state index contributed by atoms with van der Waals surface area (Å²) in [7, 11) is 0. The van der Waals surface area contributed by atoms with Crippen LogP contribution in [0, 0.1) is 6.92 Å². The summed E-state index contributed by atoms with van der Waals surface area (Å²) in [5.74, 6) is -0.878. The van der Waals surface area contributed by atoms with Gasteiger partial charge in [0.15, 0.2) is 0 Å². The van der Waals surface area contributed by atoms with Gasteiger partial charge in [-0.2, -0.15) is 13.2 Å². The first-order valence-electron chi connectivity index (χ1n) is 7.21. The first-order chi connectivity index (χ1) is 10.8. The number of nitrogens with zero attached hydrogens (tertiary/aromatic N) is 1. The van der Waals surface area contributed by atoms with Gasteiger partial charge < -0.3 is 15.5 Å². The molecule has 1 saturated heterocycles. The minimum absolute atomic E-state index is 0.252. The number of carbonyl (C=O) groups excluding carboxylic acids is 2. The van der Waals surface area contributed by atoms with Crippen LogP contribution in [0.3, 0.4) is 0 Å². The molecule has 2 amide bonds. The highest BCUT2D eigenvalue weighted by atomic mass is 19.4.